The Morgan fingerprint density at radius 3 is 2.48 bits per heavy atom. The molecule has 4 nitrogen and oxygen atoms in total. The molecule has 0 radical (unpaired) electrons. The molecule has 2 heterocycles. The van der Waals surface area contributed by atoms with Crippen molar-refractivity contribution in [3.63, 3.8) is 0 Å². The van der Waals surface area contributed by atoms with Crippen molar-refractivity contribution in [2.75, 3.05) is 14.2 Å². The van der Waals surface area contributed by atoms with E-state index in [1.807, 2.05) is 41.3 Å². The molecule has 0 bridgehead atoms. The Kier molecular flexibility index (Phi) is 4.17. The van der Waals surface area contributed by atoms with Crippen molar-refractivity contribution in [2.45, 2.75) is 21.7 Å². The Balaban J connectivity index is 1.83. The lowest BCUT2D eigenvalue weighted by molar-refractivity contribution is -0.150. The van der Waals surface area contributed by atoms with Gasteiger partial charge in [0, 0.05) is 15.9 Å². The zero-order chi connectivity index (χ0) is 17.8. The number of carbonyl (C=O) groups is 1. The molecule has 7 heteroatoms. The van der Waals surface area contributed by atoms with Gasteiger partial charge in [0.25, 0.3) is 0 Å². The highest BCUT2D eigenvalue weighted by molar-refractivity contribution is 9.10. The number of nitrogens with zero attached hydrogens (tertiary/aromatic N) is 1. The van der Waals surface area contributed by atoms with Crippen molar-refractivity contribution in [3.05, 3.63) is 52.0 Å². The van der Waals surface area contributed by atoms with Crippen molar-refractivity contribution in [2.24, 2.45) is 0 Å². The Morgan fingerprint density at radius 1 is 1.20 bits per heavy atom. The number of thioether (sulfide) groups is 1. The Morgan fingerprint density at radius 2 is 1.84 bits per heavy atom. The second kappa shape index (κ2) is 6.11. The van der Waals surface area contributed by atoms with Gasteiger partial charge in [-0.3, -0.25) is 4.79 Å². The molecule has 0 aromatic heterocycles. The van der Waals surface area contributed by atoms with Crippen LogP contribution >= 0.6 is 39.3 Å². The minimum atomic E-state index is -0.597. The number of amides is 1. The van der Waals surface area contributed by atoms with Crippen molar-refractivity contribution >= 4 is 45.2 Å². The fourth-order valence-electron chi connectivity index (χ4n) is 3.35. The van der Waals surface area contributed by atoms with E-state index in [1.54, 1.807) is 26.0 Å². The van der Waals surface area contributed by atoms with Crippen LogP contribution in [0.5, 0.6) is 11.5 Å². The molecule has 1 fully saturated rings. The summed E-state index contributed by atoms with van der Waals surface area (Å²) in [6.07, 6.45) is 0. The summed E-state index contributed by atoms with van der Waals surface area (Å²) < 4.78 is 11.8. The van der Waals surface area contributed by atoms with Crippen LogP contribution in [0.3, 0.4) is 0 Å². The van der Waals surface area contributed by atoms with Crippen molar-refractivity contribution in [1.82, 2.24) is 4.90 Å². The fourth-order valence-corrected chi connectivity index (χ4v) is 5.59. The highest BCUT2D eigenvalue weighted by atomic mass is 79.9. The lowest BCUT2D eigenvalue weighted by Crippen LogP contribution is -2.68. The number of halogens is 2. The maximum absolute atomic E-state index is 12.4. The van der Waals surface area contributed by atoms with Crippen LogP contribution in [0.15, 0.2) is 45.8 Å². The predicted octanol–water partition coefficient (Wildman–Crippen LogP) is 4.37. The summed E-state index contributed by atoms with van der Waals surface area (Å²) in [6, 6.07) is 11.9. The van der Waals surface area contributed by atoms with Gasteiger partial charge in [-0.1, -0.05) is 39.8 Å². The van der Waals surface area contributed by atoms with E-state index in [0.29, 0.717) is 18.0 Å². The van der Waals surface area contributed by atoms with E-state index >= 15 is 0 Å². The average Bonchev–Trinajstić information content (AvgIpc) is 2.65. The van der Waals surface area contributed by atoms with Crippen molar-refractivity contribution in [3.8, 4) is 11.5 Å². The maximum atomic E-state index is 12.4. The van der Waals surface area contributed by atoms with Gasteiger partial charge in [0.15, 0.2) is 11.5 Å². The molecule has 130 valence electrons. The van der Waals surface area contributed by atoms with Gasteiger partial charge >= 0.3 is 0 Å². The first-order chi connectivity index (χ1) is 12.0. The highest BCUT2D eigenvalue weighted by Crippen LogP contribution is 2.60. The molecule has 2 aliphatic heterocycles. The van der Waals surface area contributed by atoms with Gasteiger partial charge in [-0.05, 0) is 35.4 Å². The molecule has 0 saturated carbocycles. The number of methoxy groups -OCH3 is 2. The normalized spacial score (nSPS) is 24.2. The smallest absolute Gasteiger partial charge is 0.246 e. The third kappa shape index (κ3) is 2.38. The second-order valence-electron chi connectivity index (χ2n) is 5.91. The first-order valence-electron chi connectivity index (χ1n) is 7.66. The van der Waals surface area contributed by atoms with Gasteiger partial charge < -0.3 is 14.4 Å². The fraction of sp³-hybridized carbons (Fsp3) is 0.278. The van der Waals surface area contributed by atoms with E-state index in [0.717, 1.165) is 20.5 Å². The molecule has 1 amide bonds. The molecular formula is C18H15BrClNO3S. The van der Waals surface area contributed by atoms with Gasteiger partial charge in [0.1, 0.15) is 10.2 Å². The number of fused-ring (bicyclic) bond motifs is 2. The number of hydrogen-bond donors (Lipinski definition) is 0. The summed E-state index contributed by atoms with van der Waals surface area (Å²) in [5.41, 5.74) is 2.05. The van der Waals surface area contributed by atoms with Crippen LogP contribution in [0.25, 0.3) is 0 Å². The molecule has 1 saturated heterocycles. The number of rotatable bonds is 3. The quantitative estimate of drug-likeness (QED) is 0.525. The lowest BCUT2D eigenvalue weighted by atomic mass is 9.91. The van der Waals surface area contributed by atoms with E-state index in [9.17, 15) is 4.79 Å². The topological polar surface area (TPSA) is 38.8 Å². The number of ether oxygens (including phenoxy) is 2. The van der Waals surface area contributed by atoms with Crippen LogP contribution in [-0.4, -0.2) is 30.4 Å². The van der Waals surface area contributed by atoms with Crippen LogP contribution < -0.4 is 9.47 Å². The molecule has 0 aliphatic carbocycles. The number of hydrogen-bond acceptors (Lipinski definition) is 4. The lowest BCUT2D eigenvalue weighted by Gasteiger charge is -2.57. The van der Waals surface area contributed by atoms with Gasteiger partial charge in [0.2, 0.25) is 5.91 Å². The van der Waals surface area contributed by atoms with Crippen molar-refractivity contribution in [1.29, 1.82) is 0 Å². The summed E-state index contributed by atoms with van der Waals surface area (Å²) in [5.74, 6) is 1.29. The highest BCUT2D eigenvalue weighted by Gasteiger charge is 2.63. The molecule has 0 N–H and O–H groups in total. The van der Waals surface area contributed by atoms with Crippen LogP contribution in [0.2, 0.25) is 0 Å². The SMILES string of the molecule is COc1cc2c(cc1OC)S[C@@]1(c3ccc(Br)cc3)[C@H](Cl)C(=O)N1C2. The molecule has 4 rings (SSSR count). The van der Waals surface area contributed by atoms with Crippen molar-refractivity contribution < 1.29 is 14.3 Å². The third-order valence-corrected chi connectivity index (χ3v) is 7.41. The summed E-state index contributed by atoms with van der Waals surface area (Å²) in [4.78, 5) is 14.7. The van der Waals surface area contributed by atoms with Gasteiger partial charge in [-0.2, -0.15) is 0 Å². The average molecular weight is 441 g/mol. The van der Waals surface area contributed by atoms with E-state index in [2.05, 4.69) is 15.9 Å². The Hall–Kier alpha value is -1.37. The summed E-state index contributed by atoms with van der Waals surface area (Å²) in [7, 11) is 3.22. The molecule has 0 spiro atoms. The van der Waals surface area contributed by atoms with Gasteiger partial charge in [0.05, 0.1) is 14.2 Å². The molecular weight excluding hydrogens is 426 g/mol. The number of β-lactam (4-membered cyclic amide) rings is 1. The largest absolute Gasteiger partial charge is 0.493 e. The minimum absolute atomic E-state index is 0.0440. The predicted molar refractivity (Wildman–Crippen MR) is 101 cm³/mol. The third-order valence-electron chi connectivity index (χ3n) is 4.65. The zero-order valence-corrected chi connectivity index (χ0v) is 16.7. The molecule has 0 unspecified atom stereocenters. The zero-order valence-electron chi connectivity index (χ0n) is 13.6. The monoisotopic (exact) mass is 439 g/mol. The first-order valence-corrected chi connectivity index (χ1v) is 9.71. The summed E-state index contributed by atoms with van der Waals surface area (Å²) >= 11 is 11.6. The van der Waals surface area contributed by atoms with E-state index < -0.39 is 10.2 Å². The second-order valence-corrected chi connectivity index (χ2v) is 8.53. The minimum Gasteiger partial charge on any atom is -0.493 e. The standard InChI is InChI=1S/C18H15BrClNO3S/c1-23-13-7-10-9-21-17(22)16(20)18(21,11-3-5-12(19)6-4-11)25-15(10)8-14(13)24-2/h3-8,16H,9H2,1-2H3/t16-,18+/m1/s1. The number of alkyl halides is 1. The molecule has 25 heavy (non-hydrogen) atoms. The maximum Gasteiger partial charge on any atom is 0.246 e. The number of carbonyl (C=O) groups excluding carboxylic acids is 1. The number of benzene rings is 2. The van der Waals surface area contributed by atoms with Crippen LogP contribution in [-0.2, 0) is 16.2 Å². The molecule has 2 aromatic rings. The molecule has 2 aromatic carbocycles. The summed E-state index contributed by atoms with van der Waals surface area (Å²) in [6.45, 7) is 0.501. The Labute approximate surface area is 163 Å². The van der Waals surface area contributed by atoms with Crippen LogP contribution in [0.4, 0.5) is 0 Å². The van der Waals surface area contributed by atoms with Crippen LogP contribution in [0, 0.1) is 0 Å². The Bertz CT molecular complexity index is 860. The van der Waals surface area contributed by atoms with E-state index in [-0.39, 0.29) is 5.91 Å². The molecule has 2 atom stereocenters. The van der Waals surface area contributed by atoms with Gasteiger partial charge in [-0.25, -0.2) is 0 Å². The molecule has 2 aliphatic rings. The van der Waals surface area contributed by atoms with E-state index in [4.69, 9.17) is 21.1 Å². The van der Waals surface area contributed by atoms with Crippen LogP contribution in [0.1, 0.15) is 11.1 Å². The first kappa shape index (κ1) is 17.1. The summed E-state index contributed by atoms with van der Waals surface area (Å²) in [5, 5.41) is -0.597. The van der Waals surface area contributed by atoms with E-state index in [1.165, 1.54) is 0 Å². The van der Waals surface area contributed by atoms with Gasteiger partial charge in [-0.15, -0.1) is 11.6 Å².